The molecule has 1 aromatic rings. The van der Waals surface area contributed by atoms with E-state index in [4.69, 9.17) is 5.73 Å². The van der Waals surface area contributed by atoms with Crippen molar-refractivity contribution in [2.75, 3.05) is 0 Å². The molecule has 0 atom stereocenters. The minimum atomic E-state index is -0.538. The molecule has 1 amide bonds. The number of carbonyl (C=O) groups is 1. The van der Waals surface area contributed by atoms with Gasteiger partial charge in [0.15, 0.2) is 0 Å². The topological polar surface area (TPSA) is 43.1 Å². The van der Waals surface area contributed by atoms with Crippen LogP contribution in [0.3, 0.4) is 0 Å². The highest BCUT2D eigenvalue weighted by molar-refractivity contribution is 5.90. The Bertz CT molecular complexity index is 358. The zero-order valence-corrected chi connectivity index (χ0v) is 7.25. The van der Waals surface area contributed by atoms with Crippen LogP contribution < -0.4 is 5.73 Å². The van der Waals surface area contributed by atoms with Gasteiger partial charge in [-0.3, -0.25) is 4.79 Å². The normalized spacial score (nSPS) is 10.6. The Morgan fingerprint density at radius 3 is 2.85 bits per heavy atom. The molecule has 0 fully saturated rings. The summed E-state index contributed by atoms with van der Waals surface area (Å²) in [7, 11) is 0. The van der Waals surface area contributed by atoms with Gasteiger partial charge in [0.25, 0.3) is 0 Å². The van der Waals surface area contributed by atoms with Gasteiger partial charge >= 0.3 is 0 Å². The Labute approximate surface area is 75.9 Å². The predicted molar refractivity (Wildman–Crippen MR) is 49.4 cm³/mol. The van der Waals surface area contributed by atoms with Crippen LogP contribution in [0.4, 0.5) is 4.39 Å². The van der Waals surface area contributed by atoms with Crippen molar-refractivity contribution in [1.82, 2.24) is 0 Å². The first-order chi connectivity index (χ1) is 6.09. The van der Waals surface area contributed by atoms with Gasteiger partial charge < -0.3 is 5.73 Å². The van der Waals surface area contributed by atoms with Crippen LogP contribution in [0.25, 0.3) is 6.08 Å². The van der Waals surface area contributed by atoms with Crippen LogP contribution in [0.15, 0.2) is 24.3 Å². The van der Waals surface area contributed by atoms with Gasteiger partial charge in [-0.05, 0) is 36.3 Å². The lowest BCUT2D eigenvalue weighted by molar-refractivity contribution is -0.113. The lowest BCUT2D eigenvalue weighted by atomic mass is 10.1. The van der Waals surface area contributed by atoms with E-state index in [-0.39, 0.29) is 5.82 Å². The molecular formula is C10H10FNO. The highest BCUT2D eigenvalue weighted by atomic mass is 19.1. The molecule has 0 radical (unpaired) electrons. The molecule has 0 saturated heterocycles. The van der Waals surface area contributed by atoms with Gasteiger partial charge in [-0.1, -0.05) is 6.07 Å². The monoisotopic (exact) mass is 179 g/mol. The van der Waals surface area contributed by atoms with Crippen molar-refractivity contribution in [1.29, 1.82) is 0 Å². The Morgan fingerprint density at radius 2 is 2.23 bits per heavy atom. The molecule has 0 aliphatic heterocycles. The summed E-state index contributed by atoms with van der Waals surface area (Å²) in [4.78, 5) is 10.4. The van der Waals surface area contributed by atoms with Gasteiger partial charge in [-0.25, -0.2) is 4.39 Å². The van der Waals surface area contributed by atoms with E-state index >= 15 is 0 Å². The summed E-state index contributed by atoms with van der Waals surface area (Å²) in [5.41, 5.74) is 6.48. The van der Waals surface area contributed by atoms with E-state index in [1.165, 1.54) is 24.3 Å². The number of amides is 1. The van der Waals surface area contributed by atoms with Gasteiger partial charge in [0, 0.05) is 6.08 Å². The van der Waals surface area contributed by atoms with E-state index in [2.05, 4.69) is 0 Å². The largest absolute Gasteiger partial charge is 0.366 e. The third kappa shape index (κ3) is 2.71. The molecule has 1 aromatic carbocycles. The Balaban J connectivity index is 3.00. The minimum Gasteiger partial charge on any atom is -0.366 e. The van der Waals surface area contributed by atoms with Crippen molar-refractivity contribution < 1.29 is 9.18 Å². The fourth-order valence-electron chi connectivity index (χ4n) is 0.963. The highest BCUT2D eigenvalue weighted by Crippen LogP contribution is 2.11. The van der Waals surface area contributed by atoms with Crippen LogP contribution in [-0.2, 0) is 4.79 Å². The lowest BCUT2D eigenvalue weighted by Crippen LogP contribution is -2.05. The molecule has 1 rings (SSSR count). The number of hydrogen-bond acceptors (Lipinski definition) is 1. The van der Waals surface area contributed by atoms with Crippen molar-refractivity contribution in [2.24, 2.45) is 5.73 Å². The van der Waals surface area contributed by atoms with Crippen LogP contribution in [0.2, 0.25) is 0 Å². The van der Waals surface area contributed by atoms with E-state index in [1.54, 1.807) is 6.07 Å². The molecule has 68 valence electrons. The summed E-state index contributed by atoms with van der Waals surface area (Å²) in [6, 6.07) is 4.38. The summed E-state index contributed by atoms with van der Waals surface area (Å²) in [6.45, 7) is 1.83. The fourth-order valence-corrected chi connectivity index (χ4v) is 0.963. The zero-order valence-electron chi connectivity index (χ0n) is 7.25. The second-order valence-corrected chi connectivity index (χ2v) is 2.74. The summed E-state index contributed by atoms with van der Waals surface area (Å²) in [5.74, 6) is -0.863. The van der Waals surface area contributed by atoms with Crippen molar-refractivity contribution in [3.63, 3.8) is 0 Å². The van der Waals surface area contributed by atoms with Crippen molar-refractivity contribution in [2.45, 2.75) is 6.92 Å². The molecule has 0 saturated carbocycles. The van der Waals surface area contributed by atoms with Crippen molar-refractivity contribution in [3.8, 4) is 0 Å². The third-order valence-corrected chi connectivity index (χ3v) is 1.67. The van der Waals surface area contributed by atoms with Crippen LogP contribution in [0, 0.1) is 12.7 Å². The molecule has 0 aromatic heterocycles. The molecule has 2 nitrogen and oxygen atoms in total. The maximum atomic E-state index is 12.7. The average molecular weight is 179 g/mol. The molecule has 0 spiro atoms. The van der Waals surface area contributed by atoms with Crippen LogP contribution >= 0.6 is 0 Å². The maximum Gasteiger partial charge on any atom is 0.241 e. The maximum absolute atomic E-state index is 12.7. The number of benzene rings is 1. The molecule has 0 bridgehead atoms. The first-order valence-electron chi connectivity index (χ1n) is 3.83. The molecular weight excluding hydrogens is 169 g/mol. The SMILES string of the molecule is Cc1ccc(F)cc1C=CC(N)=O. The zero-order chi connectivity index (χ0) is 9.84. The highest BCUT2D eigenvalue weighted by Gasteiger charge is 1.96. The Morgan fingerprint density at radius 1 is 1.54 bits per heavy atom. The Kier molecular flexibility index (Phi) is 2.80. The first kappa shape index (κ1) is 9.45. The van der Waals surface area contributed by atoms with Gasteiger partial charge in [0.2, 0.25) is 5.91 Å². The molecule has 0 aliphatic carbocycles. The third-order valence-electron chi connectivity index (χ3n) is 1.67. The predicted octanol–water partition coefficient (Wildman–Crippen LogP) is 1.63. The number of hydrogen-bond donors (Lipinski definition) is 1. The van der Waals surface area contributed by atoms with E-state index in [0.29, 0.717) is 5.56 Å². The quantitative estimate of drug-likeness (QED) is 0.689. The summed E-state index contributed by atoms with van der Waals surface area (Å²) in [6.07, 6.45) is 2.71. The summed E-state index contributed by atoms with van der Waals surface area (Å²) in [5, 5.41) is 0. The summed E-state index contributed by atoms with van der Waals surface area (Å²) >= 11 is 0. The average Bonchev–Trinajstić information content (AvgIpc) is 2.06. The van der Waals surface area contributed by atoms with E-state index in [1.807, 2.05) is 6.92 Å². The smallest absolute Gasteiger partial charge is 0.241 e. The molecule has 0 aliphatic rings. The number of aryl methyl sites for hydroxylation is 1. The van der Waals surface area contributed by atoms with Gasteiger partial charge in [-0.15, -0.1) is 0 Å². The van der Waals surface area contributed by atoms with Crippen LogP contribution in [0.5, 0.6) is 0 Å². The number of carbonyl (C=O) groups excluding carboxylic acids is 1. The second-order valence-electron chi connectivity index (χ2n) is 2.74. The first-order valence-corrected chi connectivity index (χ1v) is 3.83. The van der Waals surface area contributed by atoms with Gasteiger partial charge in [0.05, 0.1) is 0 Å². The van der Waals surface area contributed by atoms with Gasteiger partial charge in [-0.2, -0.15) is 0 Å². The fraction of sp³-hybridized carbons (Fsp3) is 0.100. The number of halogens is 1. The van der Waals surface area contributed by atoms with Crippen molar-refractivity contribution >= 4 is 12.0 Å². The van der Waals surface area contributed by atoms with E-state index in [0.717, 1.165) is 5.56 Å². The number of nitrogens with two attached hydrogens (primary N) is 1. The molecule has 2 N–H and O–H groups in total. The van der Waals surface area contributed by atoms with Crippen LogP contribution in [0.1, 0.15) is 11.1 Å². The summed E-state index contributed by atoms with van der Waals surface area (Å²) < 4.78 is 12.7. The minimum absolute atomic E-state index is 0.324. The Hall–Kier alpha value is -1.64. The molecule has 13 heavy (non-hydrogen) atoms. The molecule has 3 heteroatoms. The molecule has 0 unspecified atom stereocenters. The van der Waals surface area contributed by atoms with E-state index < -0.39 is 5.91 Å². The number of rotatable bonds is 2. The van der Waals surface area contributed by atoms with Crippen LogP contribution in [-0.4, -0.2) is 5.91 Å². The van der Waals surface area contributed by atoms with Crippen molar-refractivity contribution in [3.05, 3.63) is 41.2 Å². The van der Waals surface area contributed by atoms with Gasteiger partial charge in [0.1, 0.15) is 5.82 Å². The lowest BCUT2D eigenvalue weighted by Gasteiger charge is -1.98. The second kappa shape index (κ2) is 3.85. The van der Waals surface area contributed by atoms with E-state index in [9.17, 15) is 9.18 Å². The standard InChI is InChI=1S/C10H10FNO/c1-7-2-4-9(11)6-8(7)3-5-10(12)13/h2-6H,1H3,(H2,12,13). The molecule has 0 heterocycles. The number of primary amides is 1.